The summed E-state index contributed by atoms with van der Waals surface area (Å²) in [6.07, 6.45) is 1.07. The molecule has 208 valence electrons. The van der Waals surface area contributed by atoms with Crippen molar-refractivity contribution < 1.29 is 35.5 Å². The van der Waals surface area contributed by atoms with Crippen molar-refractivity contribution in [1.29, 1.82) is 0 Å². The van der Waals surface area contributed by atoms with E-state index in [1.165, 1.54) is 12.1 Å². The van der Waals surface area contributed by atoms with Crippen molar-refractivity contribution >= 4 is 21.6 Å². The van der Waals surface area contributed by atoms with Crippen LogP contribution in [0.5, 0.6) is 5.75 Å². The molecule has 0 saturated heterocycles. The maximum absolute atomic E-state index is 13.5. The summed E-state index contributed by atoms with van der Waals surface area (Å²) in [6, 6.07) is 7.42. The van der Waals surface area contributed by atoms with Crippen LogP contribution in [0.3, 0.4) is 0 Å². The highest BCUT2D eigenvalue weighted by Gasteiger charge is 2.32. The first kappa shape index (κ1) is 28.2. The molecular weight excluding hydrogens is 526 g/mol. The standard InChI is InChI=1S/C26H31F4N3O4S/c27-20-6-11-24-19(17-20)12-14-33(24)15-13-31-25(34)23(16-18-4-2-1-3-5-18)32-38(35,36)22-9-7-21(8-10-22)37-26(28,29)30/h6-11,17-18,23,32H,1-5,12-16H2,(H,31,34). The zero-order valence-electron chi connectivity index (χ0n) is 20.8. The van der Waals surface area contributed by atoms with Crippen molar-refractivity contribution in [1.82, 2.24) is 10.0 Å². The number of carbonyl (C=O) groups is 1. The summed E-state index contributed by atoms with van der Waals surface area (Å²) in [6.45, 7) is 1.44. The Bertz CT molecular complexity index is 1220. The highest BCUT2D eigenvalue weighted by atomic mass is 32.2. The first-order chi connectivity index (χ1) is 18.0. The summed E-state index contributed by atoms with van der Waals surface area (Å²) in [5.41, 5.74) is 1.82. The highest BCUT2D eigenvalue weighted by Crippen LogP contribution is 2.29. The Labute approximate surface area is 219 Å². The molecule has 1 amide bonds. The van der Waals surface area contributed by atoms with Crippen molar-refractivity contribution in [3.05, 3.63) is 53.8 Å². The molecule has 1 saturated carbocycles. The van der Waals surface area contributed by atoms with Gasteiger partial charge in [0.05, 0.1) is 4.90 Å². The van der Waals surface area contributed by atoms with E-state index in [0.29, 0.717) is 25.9 Å². The van der Waals surface area contributed by atoms with Crippen LogP contribution in [0.25, 0.3) is 0 Å². The maximum atomic E-state index is 13.5. The molecule has 2 aliphatic rings. The highest BCUT2D eigenvalue weighted by molar-refractivity contribution is 7.89. The number of ether oxygens (including phenoxy) is 1. The minimum atomic E-state index is -4.89. The third-order valence-corrected chi connectivity index (χ3v) is 8.48. The summed E-state index contributed by atoms with van der Waals surface area (Å²) < 4.78 is 83.1. The molecule has 1 aliphatic heterocycles. The molecule has 1 aliphatic carbocycles. The van der Waals surface area contributed by atoms with E-state index in [-0.39, 0.29) is 23.2 Å². The molecule has 0 radical (unpaired) electrons. The quantitative estimate of drug-likeness (QED) is 0.420. The van der Waals surface area contributed by atoms with Gasteiger partial charge < -0.3 is 15.0 Å². The molecule has 1 unspecified atom stereocenters. The Balaban J connectivity index is 1.40. The number of alkyl halides is 3. The molecule has 0 aromatic heterocycles. The van der Waals surface area contributed by atoms with Gasteiger partial charge in [0.1, 0.15) is 17.6 Å². The van der Waals surface area contributed by atoms with Crippen LogP contribution in [0, 0.1) is 11.7 Å². The van der Waals surface area contributed by atoms with E-state index in [4.69, 9.17) is 0 Å². The number of hydrogen-bond acceptors (Lipinski definition) is 5. The van der Waals surface area contributed by atoms with Crippen LogP contribution in [0.4, 0.5) is 23.2 Å². The molecule has 38 heavy (non-hydrogen) atoms. The predicted molar refractivity (Wildman–Crippen MR) is 134 cm³/mol. The van der Waals surface area contributed by atoms with Crippen LogP contribution in [0.15, 0.2) is 47.4 Å². The molecule has 0 bridgehead atoms. The van der Waals surface area contributed by atoms with Crippen LogP contribution in [-0.4, -0.2) is 46.4 Å². The SMILES string of the molecule is O=C(NCCN1CCc2cc(F)ccc21)C(CC1CCCCC1)NS(=O)(=O)c1ccc(OC(F)(F)F)cc1. The number of carbonyl (C=O) groups excluding carboxylic acids is 1. The van der Waals surface area contributed by atoms with Gasteiger partial charge in [-0.3, -0.25) is 4.79 Å². The molecule has 0 spiro atoms. The molecule has 1 fully saturated rings. The molecule has 1 atom stereocenters. The van der Waals surface area contributed by atoms with Crippen LogP contribution in [-0.2, 0) is 21.2 Å². The van der Waals surface area contributed by atoms with Gasteiger partial charge in [-0.25, -0.2) is 12.8 Å². The second kappa shape index (κ2) is 11.9. The topological polar surface area (TPSA) is 87.7 Å². The fourth-order valence-corrected chi connectivity index (χ4v) is 6.36. The van der Waals surface area contributed by atoms with E-state index in [1.54, 1.807) is 6.07 Å². The number of halogens is 4. The average Bonchev–Trinajstić information content (AvgIpc) is 3.25. The molecule has 1 heterocycles. The number of nitrogens with one attached hydrogen (secondary N) is 2. The van der Waals surface area contributed by atoms with Gasteiger partial charge in [-0.05, 0) is 66.8 Å². The van der Waals surface area contributed by atoms with E-state index in [2.05, 4.69) is 14.8 Å². The van der Waals surface area contributed by atoms with Crippen molar-refractivity contribution in [2.24, 2.45) is 5.92 Å². The average molecular weight is 558 g/mol. The molecule has 2 aromatic carbocycles. The minimum absolute atomic E-state index is 0.185. The van der Waals surface area contributed by atoms with E-state index >= 15 is 0 Å². The zero-order valence-corrected chi connectivity index (χ0v) is 21.6. The maximum Gasteiger partial charge on any atom is 0.573 e. The molecule has 12 heteroatoms. The Kier molecular flexibility index (Phi) is 8.81. The zero-order chi connectivity index (χ0) is 27.3. The van der Waals surface area contributed by atoms with Crippen LogP contribution in [0.1, 0.15) is 44.1 Å². The molecular formula is C26H31F4N3O4S. The van der Waals surface area contributed by atoms with Gasteiger partial charge in [-0.15, -0.1) is 13.2 Å². The van der Waals surface area contributed by atoms with Crippen molar-refractivity contribution in [3.63, 3.8) is 0 Å². The van der Waals surface area contributed by atoms with Crippen LogP contribution >= 0.6 is 0 Å². The third-order valence-electron chi connectivity index (χ3n) is 6.99. The predicted octanol–water partition coefficient (Wildman–Crippen LogP) is 4.52. The van der Waals surface area contributed by atoms with E-state index in [9.17, 15) is 30.8 Å². The Morgan fingerprint density at radius 1 is 1.08 bits per heavy atom. The summed E-state index contributed by atoms with van der Waals surface area (Å²) in [5.74, 6) is -1.11. The Morgan fingerprint density at radius 2 is 1.79 bits per heavy atom. The van der Waals surface area contributed by atoms with Crippen molar-refractivity contribution in [3.8, 4) is 5.75 Å². The third kappa shape index (κ3) is 7.59. The smallest absolute Gasteiger partial charge is 0.406 e. The first-order valence-corrected chi connectivity index (χ1v) is 14.2. The lowest BCUT2D eigenvalue weighted by Gasteiger charge is -2.27. The summed E-state index contributed by atoms with van der Waals surface area (Å²) in [4.78, 5) is 14.9. The van der Waals surface area contributed by atoms with E-state index < -0.39 is 34.1 Å². The van der Waals surface area contributed by atoms with Gasteiger partial charge in [-0.2, -0.15) is 4.72 Å². The monoisotopic (exact) mass is 557 g/mol. The number of amides is 1. The second-order valence-corrected chi connectivity index (χ2v) is 11.4. The fraction of sp³-hybridized carbons (Fsp3) is 0.500. The van der Waals surface area contributed by atoms with E-state index in [1.807, 2.05) is 4.90 Å². The van der Waals surface area contributed by atoms with Crippen LogP contribution in [0.2, 0.25) is 0 Å². The number of anilines is 1. The van der Waals surface area contributed by atoms with Gasteiger partial charge in [0.25, 0.3) is 0 Å². The van der Waals surface area contributed by atoms with Gasteiger partial charge in [0, 0.05) is 25.3 Å². The first-order valence-electron chi connectivity index (χ1n) is 12.7. The molecule has 7 nitrogen and oxygen atoms in total. The largest absolute Gasteiger partial charge is 0.573 e. The number of hydrogen-bond donors (Lipinski definition) is 2. The number of fused-ring (bicyclic) bond motifs is 1. The summed E-state index contributed by atoms with van der Waals surface area (Å²) in [7, 11) is -4.19. The van der Waals surface area contributed by atoms with E-state index in [0.717, 1.165) is 67.6 Å². The van der Waals surface area contributed by atoms with Gasteiger partial charge in [0.2, 0.25) is 15.9 Å². The molecule has 4 rings (SSSR count). The Hall–Kier alpha value is -2.86. The van der Waals surface area contributed by atoms with Gasteiger partial charge >= 0.3 is 6.36 Å². The lowest BCUT2D eigenvalue weighted by atomic mass is 9.85. The summed E-state index contributed by atoms with van der Waals surface area (Å²) in [5, 5.41) is 2.82. The fourth-order valence-electron chi connectivity index (χ4n) is 5.15. The molecule has 2 aromatic rings. The van der Waals surface area contributed by atoms with Gasteiger partial charge in [0.15, 0.2) is 0 Å². The summed E-state index contributed by atoms with van der Waals surface area (Å²) >= 11 is 0. The lowest BCUT2D eigenvalue weighted by molar-refractivity contribution is -0.274. The molecule has 2 N–H and O–H groups in total. The second-order valence-electron chi connectivity index (χ2n) is 9.73. The number of sulfonamides is 1. The van der Waals surface area contributed by atoms with Crippen LogP contribution < -0.4 is 19.7 Å². The minimum Gasteiger partial charge on any atom is -0.406 e. The number of nitrogens with zero attached hydrogens (tertiary/aromatic N) is 1. The van der Waals surface area contributed by atoms with Crippen molar-refractivity contribution in [2.75, 3.05) is 24.5 Å². The Morgan fingerprint density at radius 3 is 2.47 bits per heavy atom. The lowest BCUT2D eigenvalue weighted by Crippen LogP contribution is -2.49. The van der Waals surface area contributed by atoms with Crippen molar-refractivity contribution in [2.45, 2.75) is 62.2 Å². The van der Waals surface area contributed by atoms with Gasteiger partial charge in [-0.1, -0.05) is 32.1 Å². The normalized spacial score (nSPS) is 17.2. The number of rotatable bonds is 10. The number of benzene rings is 2.